The van der Waals surface area contributed by atoms with Gasteiger partial charge in [0.25, 0.3) is 0 Å². The van der Waals surface area contributed by atoms with Gasteiger partial charge in [-0.25, -0.2) is 4.79 Å². The molecule has 5 rings (SSSR count). The van der Waals surface area contributed by atoms with Crippen molar-refractivity contribution in [2.45, 2.75) is 65.8 Å². The first-order valence-corrected chi connectivity index (χ1v) is 13.1. The van der Waals surface area contributed by atoms with Crippen molar-refractivity contribution >= 4 is 17.7 Å². The molecule has 6 heteroatoms. The molecular formula is C31H36O6. The average molecular weight is 505 g/mol. The summed E-state index contributed by atoms with van der Waals surface area (Å²) in [4.78, 5) is 39.5. The summed E-state index contributed by atoms with van der Waals surface area (Å²) >= 11 is 0. The summed E-state index contributed by atoms with van der Waals surface area (Å²) in [5.41, 5.74) is -0.708. The zero-order chi connectivity index (χ0) is 27.1. The van der Waals surface area contributed by atoms with Crippen LogP contribution in [0.2, 0.25) is 0 Å². The van der Waals surface area contributed by atoms with E-state index in [1.54, 1.807) is 45.0 Å². The van der Waals surface area contributed by atoms with Gasteiger partial charge in [-0.3, -0.25) is 9.59 Å². The van der Waals surface area contributed by atoms with Crippen molar-refractivity contribution in [2.24, 2.45) is 35.0 Å². The molecule has 37 heavy (non-hydrogen) atoms. The first kappa shape index (κ1) is 25.7. The Morgan fingerprint density at radius 1 is 1.05 bits per heavy atom. The minimum Gasteiger partial charge on any atom is -0.454 e. The highest BCUT2D eigenvalue weighted by atomic mass is 16.6. The molecule has 1 aromatic rings. The van der Waals surface area contributed by atoms with Crippen molar-refractivity contribution in [3.8, 4) is 0 Å². The Morgan fingerprint density at radius 3 is 2.32 bits per heavy atom. The molecule has 0 aromatic heterocycles. The van der Waals surface area contributed by atoms with Gasteiger partial charge in [0.2, 0.25) is 0 Å². The zero-order valence-corrected chi connectivity index (χ0v) is 22.6. The lowest BCUT2D eigenvalue weighted by atomic mass is 9.60. The number of ether oxygens (including phenoxy) is 2. The molecule has 0 radical (unpaired) electrons. The summed E-state index contributed by atoms with van der Waals surface area (Å²) < 4.78 is 12.5. The summed E-state index contributed by atoms with van der Waals surface area (Å²) in [5.74, 6) is -3.28. The first-order valence-electron chi connectivity index (χ1n) is 13.1. The van der Waals surface area contributed by atoms with Gasteiger partial charge < -0.3 is 14.6 Å². The molecule has 7 atom stereocenters. The standard InChI is InChI=1S/C31H36O6/c1-16(2)27(33)37-31-25(29(31,6)7)23-14-17(3)13-21-22(15-18(4)24(21)32)30(23,35)19(5)26(31)36-28(34)20-11-9-8-10-12-20/h8-16,19,22-23,25-26,35H,1-7H3/t19-,22-,23+,25-,26-,30+,31-/m1/s1. The molecule has 0 unspecified atom stereocenters. The van der Waals surface area contributed by atoms with Gasteiger partial charge in [-0.1, -0.05) is 76.6 Å². The second-order valence-corrected chi connectivity index (χ2v) is 12.1. The van der Waals surface area contributed by atoms with Crippen LogP contribution < -0.4 is 0 Å². The minimum absolute atomic E-state index is 0.0741. The number of hydrogen-bond donors (Lipinski definition) is 1. The van der Waals surface area contributed by atoms with Gasteiger partial charge in [-0.2, -0.15) is 0 Å². The molecule has 4 aliphatic carbocycles. The maximum Gasteiger partial charge on any atom is 0.338 e. The quantitative estimate of drug-likeness (QED) is 0.591. The Balaban J connectivity index is 1.68. The van der Waals surface area contributed by atoms with Crippen molar-refractivity contribution in [1.29, 1.82) is 0 Å². The van der Waals surface area contributed by atoms with Crippen LogP contribution in [0.1, 0.15) is 58.8 Å². The molecule has 0 amide bonds. The van der Waals surface area contributed by atoms with Crippen LogP contribution in [-0.4, -0.2) is 40.1 Å². The smallest absolute Gasteiger partial charge is 0.338 e. The molecule has 0 aliphatic heterocycles. The van der Waals surface area contributed by atoms with Gasteiger partial charge in [0.15, 0.2) is 11.4 Å². The van der Waals surface area contributed by atoms with Crippen LogP contribution >= 0.6 is 0 Å². The number of rotatable bonds is 4. The monoisotopic (exact) mass is 504 g/mol. The van der Waals surface area contributed by atoms with E-state index in [1.165, 1.54) is 0 Å². The third-order valence-corrected chi connectivity index (χ3v) is 9.34. The fourth-order valence-electron chi connectivity index (χ4n) is 7.34. The third kappa shape index (κ3) is 3.37. The number of benzene rings is 1. The van der Waals surface area contributed by atoms with Crippen LogP contribution in [0.15, 0.2) is 65.3 Å². The molecule has 0 spiro atoms. The maximum absolute atomic E-state index is 13.4. The minimum atomic E-state index is -1.43. The van der Waals surface area contributed by atoms with Crippen LogP contribution in [0, 0.1) is 35.0 Å². The molecule has 1 N–H and O–H groups in total. The normalized spacial score (nSPS) is 37.3. The van der Waals surface area contributed by atoms with E-state index < -0.39 is 46.4 Å². The molecule has 6 nitrogen and oxygen atoms in total. The lowest BCUT2D eigenvalue weighted by Crippen LogP contribution is -2.63. The van der Waals surface area contributed by atoms with Gasteiger partial charge in [0.05, 0.1) is 17.1 Å². The molecule has 1 aromatic carbocycles. The van der Waals surface area contributed by atoms with Gasteiger partial charge in [0, 0.05) is 34.7 Å². The van der Waals surface area contributed by atoms with E-state index >= 15 is 0 Å². The Hall–Kier alpha value is -2.99. The molecule has 0 heterocycles. The molecular weight excluding hydrogens is 468 g/mol. The van der Waals surface area contributed by atoms with Crippen LogP contribution in [0.25, 0.3) is 0 Å². The summed E-state index contributed by atoms with van der Waals surface area (Å²) in [6, 6.07) is 8.69. The molecule has 0 saturated heterocycles. The van der Waals surface area contributed by atoms with Crippen molar-refractivity contribution in [1.82, 2.24) is 0 Å². The van der Waals surface area contributed by atoms with E-state index in [1.807, 2.05) is 52.0 Å². The summed E-state index contributed by atoms with van der Waals surface area (Å²) in [6.07, 6.45) is 4.82. The van der Waals surface area contributed by atoms with Gasteiger partial charge >= 0.3 is 11.9 Å². The van der Waals surface area contributed by atoms with E-state index in [9.17, 15) is 19.5 Å². The van der Waals surface area contributed by atoms with Crippen molar-refractivity contribution in [2.75, 3.05) is 0 Å². The van der Waals surface area contributed by atoms with Crippen molar-refractivity contribution in [3.63, 3.8) is 0 Å². The number of Topliss-reactive ketones (excluding diaryl/α,β-unsaturated/α-hetero) is 1. The molecule has 0 bridgehead atoms. The molecule has 196 valence electrons. The Bertz CT molecular complexity index is 1270. The number of allylic oxidation sites excluding steroid dienone is 3. The second-order valence-electron chi connectivity index (χ2n) is 12.1. The Kier molecular flexibility index (Phi) is 5.72. The number of hydrogen-bond acceptors (Lipinski definition) is 6. The van der Waals surface area contributed by atoms with Crippen LogP contribution in [0.5, 0.6) is 0 Å². The lowest BCUT2D eigenvalue weighted by molar-refractivity contribution is -0.205. The maximum atomic E-state index is 13.4. The lowest BCUT2D eigenvalue weighted by Gasteiger charge is -2.51. The molecule has 4 aliphatic rings. The van der Waals surface area contributed by atoms with E-state index in [0.717, 1.165) is 5.57 Å². The number of carbonyl (C=O) groups is 3. The first-order chi connectivity index (χ1) is 17.3. The summed E-state index contributed by atoms with van der Waals surface area (Å²) in [6.45, 7) is 13.1. The van der Waals surface area contributed by atoms with E-state index in [-0.39, 0.29) is 23.6 Å². The molecule has 2 saturated carbocycles. The van der Waals surface area contributed by atoms with Crippen LogP contribution in [0.3, 0.4) is 0 Å². The zero-order valence-electron chi connectivity index (χ0n) is 22.6. The molecule has 2 fully saturated rings. The Labute approximate surface area is 218 Å². The number of ketones is 1. The third-order valence-electron chi connectivity index (χ3n) is 9.34. The average Bonchev–Trinajstić information content (AvgIpc) is 3.24. The van der Waals surface area contributed by atoms with E-state index in [4.69, 9.17) is 9.47 Å². The highest BCUT2D eigenvalue weighted by Gasteiger charge is 2.87. The number of carbonyl (C=O) groups excluding carboxylic acids is 3. The summed E-state index contributed by atoms with van der Waals surface area (Å²) in [7, 11) is 0. The van der Waals surface area contributed by atoms with Gasteiger partial charge in [0.1, 0.15) is 6.10 Å². The van der Waals surface area contributed by atoms with Gasteiger partial charge in [-0.15, -0.1) is 0 Å². The number of esters is 2. The van der Waals surface area contributed by atoms with Crippen LogP contribution in [0.4, 0.5) is 0 Å². The number of aliphatic hydroxyl groups is 1. The SMILES string of the molecule is CC1=C[C@H]2[C@@H]3C(C)(C)[C@]3(OC(=O)C(C)C)[C@H](OC(=O)c3ccccc3)[C@@H](C)[C@]2(O)[C@@H]2C=C(C)C(=O)C2=C1. The van der Waals surface area contributed by atoms with Crippen molar-refractivity contribution < 1.29 is 29.0 Å². The van der Waals surface area contributed by atoms with Gasteiger partial charge in [-0.05, 0) is 31.6 Å². The van der Waals surface area contributed by atoms with Crippen LogP contribution in [-0.2, 0) is 19.1 Å². The van der Waals surface area contributed by atoms with E-state index in [0.29, 0.717) is 16.7 Å². The predicted octanol–water partition coefficient (Wildman–Crippen LogP) is 4.83. The Morgan fingerprint density at radius 2 is 1.70 bits per heavy atom. The highest BCUT2D eigenvalue weighted by Crippen LogP contribution is 2.76. The fraction of sp³-hybridized carbons (Fsp3) is 0.516. The second kappa shape index (κ2) is 8.26. The number of fused-ring (bicyclic) bond motifs is 5. The van der Waals surface area contributed by atoms with E-state index in [2.05, 4.69) is 0 Å². The fourth-order valence-corrected chi connectivity index (χ4v) is 7.34. The highest BCUT2D eigenvalue weighted by molar-refractivity contribution is 6.11. The van der Waals surface area contributed by atoms with Crippen molar-refractivity contribution in [3.05, 3.63) is 70.8 Å². The largest absolute Gasteiger partial charge is 0.454 e. The summed E-state index contributed by atoms with van der Waals surface area (Å²) in [5, 5.41) is 12.7. The predicted molar refractivity (Wildman–Crippen MR) is 138 cm³/mol. The topological polar surface area (TPSA) is 89.9 Å².